The highest BCUT2D eigenvalue weighted by atomic mass is 16.7. The summed E-state index contributed by atoms with van der Waals surface area (Å²) in [6.45, 7) is 4.00. The Morgan fingerprint density at radius 2 is 1.92 bits per heavy atom. The Balaban J connectivity index is 1.74. The van der Waals surface area contributed by atoms with E-state index in [1.807, 2.05) is 19.9 Å². The lowest BCUT2D eigenvalue weighted by molar-refractivity contribution is -0.340. The summed E-state index contributed by atoms with van der Waals surface area (Å²) in [5.74, 6) is -2.72. The van der Waals surface area contributed by atoms with E-state index >= 15 is 0 Å². The number of esters is 2. The van der Waals surface area contributed by atoms with E-state index in [1.54, 1.807) is 24.3 Å². The van der Waals surface area contributed by atoms with Crippen molar-refractivity contribution in [2.45, 2.75) is 57.0 Å². The van der Waals surface area contributed by atoms with Crippen molar-refractivity contribution in [3.63, 3.8) is 0 Å². The Morgan fingerprint density at radius 1 is 1.21 bits per heavy atom. The quantitative estimate of drug-likeness (QED) is 0.780. The average Bonchev–Trinajstić information content (AvgIpc) is 2.62. The summed E-state index contributed by atoms with van der Waals surface area (Å²) >= 11 is 0. The first kappa shape index (κ1) is 15.6. The maximum Gasteiger partial charge on any atom is 0.340 e. The SMILES string of the molecule is C[C@@H]1[C@@H]2CC[C@@]3(C)CC[C@@H](C(=O)O2)[C@]1(OC(=O)c1ccccc1)O3. The third-order valence-electron chi connectivity index (χ3n) is 5.82. The van der Waals surface area contributed by atoms with Crippen LogP contribution in [0.2, 0.25) is 0 Å². The Hall–Kier alpha value is -1.88. The van der Waals surface area contributed by atoms with E-state index in [2.05, 4.69) is 0 Å². The van der Waals surface area contributed by atoms with E-state index in [9.17, 15) is 9.59 Å². The molecule has 3 heterocycles. The van der Waals surface area contributed by atoms with Gasteiger partial charge in [0.05, 0.1) is 17.1 Å². The molecule has 5 atom stereocenters. The van der Waals surface area contributed by atoms with Gasteiger partial charge in [-0.05, 0) is 44.7 Å². The van der Waals surface area contributed by atoms with Crippen LogP contribution in [-0.2, 0) is 19.0 Å². The van der Waals surface area contributed by atoms with Crippen molar-refractivity contribution in [2.75, 3.05) is 0 Å². The van der Waals surface area contributed by atoms with Crippen molar-refractivity contribution in [3.05, 3.63) is 35.9 Å². The molecule has 5 heteroatoms. The fourth-order valence-electron chi connectivity index (χ4n) is 4.34. The summed E-state index contributed by atoms with van der Waals surface area (Å²) < 4.78 is 17.9. The molecule has 4 rings (SSSR count). The number of rotatable bonds is 2. The van der Waals surface area contributed by atoms with Gasteiger partial charge < -0.3 is 14.2 Å². The molecule has 3 bridgehead atoms. The second-order valence-corrected chi connectivity index (χ2v) is 7.42. The molecule has 0 aliphatic carbocycles. The Morgan fingerprint density at radius 3 is 2.67 bits per heavy atom. The normalized spacial score (nSPS) is 40.6. The van der Waals surface area contributed by atoms with Crippen LogP contribution in [0.4, 0.5) is 0 Å². The lowest BCUT2D eigenvalue weighted by atomic mass is 9.77. The number of carbonyl (C=O) groups excluding carboxylic acids is 2. The number of benzene rings is 1. The van der Waals surface area contributed by atoms with E-state index < -0.39 is 17.7 Å². The van der Waals surface area contributed by atoms with Gasteiger partial charge in [-0.2, -0.15) is 0 Å². The molecule has 0 N–H and O–H groups in total. The molecular weight excluding hydrogens is 308 g/mol. The van der Waals surface area contributed by atoms with Crippen LogP contribution in [0.5, 0.6) is 0 Å². The van der Waals surface area contributed by atoms with Gasteiger partial charge in [0.15, 0.2) is 0 Å². The number of ether oxygens (including phenoxy) is 3. The van der Waals surface area contributed by atoms with Gasteiger partial charge in [-0.1, -0.05) is 25.1 Å². The van der Waals surface area contributed by atoms with Crippen LogP contribution in [0.25, 0.3) is 0 Å². The van der Waals surface area contributed by atoms with Gasteiger partial charge in [0.25, 0.3) is 0 Å². The summed E-state index contributed by atoms with van der Waals surface area (Å²) in [6.07, 6.45) is 2.66. The maximum absolute atomic E-state index is 12.7. The minimum absolute atomic E-state index is 0.185. The smallest absolute Gasteiger partial charge is 0.340 e. The Bertz CT molecular complexity index is 672. The van der Waals surface area contributed by atoms with Crippen LogP contribution in [0.3, 0.4) is 0 Å². The topological polar surface area (TPSA) is 61.8 Å². The predicted molar refractivity (Wildman–Crippen MR) is 85.1 cm³/mol. The van der Waals surface area contributed by atoms with Gasteiger partial charge >= 0.3 is 11.9 Å². The van der Waals surface area contributed by atoms with Gasteiger partial charge in [0, 0.05) is 0 Å². The second kappa shape index (κ2) is 5.31. The summed E-state index contributed by atoms with van der Waals surface area (Å²) in [5, 5.41) is 0. The third-order valence-corrected chi connectivity index (χ3v) is 5.82. The van der Waals surface area contributed by atoms with E-state index in [0.29, 0.717) is 12.0 Å². The first-order valence-electron chi connectivity index (χ1n) is 8.63. The molecule has 3 saturated heterocycles. The molecule has 0 saturated carbocycles. The highest BCUT2D eigenvalue weighted by Crippen LogP contribution is 2.54. The molecule has 1 aromatic carbocycles. The van der Waals surface area contributed by atoms with Crippen LogP contribution >= 0.6 is 0 Å². The van der Waals surface area contributed by atoms with Crippen molar-refractivity contribution in [3.8, 4) is 0 Å². The summed E-state index contributed by atoms with van der Waals surface area (Å²) in [7, 11) is 0. The Labute approximate surface area is 141 Å². The summed E-state index contributed by atoms with van der Waals surface area (Å²) in [5.41, 5.74) is 0.0771. The highest BCUT2D eigenvalue weighted by molar-refractivity contribution is 5.90. The van der Waals surface area contributed by atoms with E-state index in [4.69, 9.17) is 14.2 Å². The molecule has 24 heavy (non-hydrogen) atoms. The summed E-state index contributed by atoms with van der Waals surface area (Å²) in [4.78, 5) is 25.2. The molecule has 3 aliphatic rings. The van der Waals surface area contributed by atoms with Gasteiger partial charge in [0.2, 0.25) is 5.79 Å². The zero-order chi connectivity index (χ0) is 16.9. The molecule has 1 aromatic rings. The number of hydrogen-bond acceptors (Lipinski definition) is 5. The van der Waals surface area contributed by atoms with Crippen molar-refractivity contribution in [1.82, 2.24) is 0 Å². The van der Waals surface area contributed by atoms with Crippen LogP contribution in [0, 0.1) is 11.8 Å². The third kappa shape index (κ3) is 2.25. The van der Waals surface area contributed by atoms with Crippen molar-refractivity contribution < 1.29 is 23.8 Å². The standard InChI is InChI=1S/C19H22O5/c1-12-15-9-11-18(2)10-8-14(17(21)22-15)19(12,24-18)23-16(20)13-6-4-3-5-7-13/h3-7,12,14-15H,8-11H2,1-2H3/t12-,14+,15+,18-,19-/m1/s1. The molecule has 128 valence electrons. The molecule has 3 aliphatic heterocycles. The van der Waals surface area contributed by atoms with Crippen molar-refractivity contribution in [2.24, 2.45) is 11.8 Å². The van der Waals surface area contributed by atoms with Crippen LogP contribution in [-0.4, -0.2) is 29.4 Å². The number of carbonyl (C=O) groups is 2. The molecule has 5 nitrogen and oxygen atoms in total. The molecule has 3 fully saturated rings. The molecule has 0 amide bonds. The highest BCUT2D eigenvalue weighted by Gasteiger charge is 2.65. The molecule has 0 aromatic heterocycles. The number of hydrogen-bond donors (Lipinski definition) is 0. The zero-order valence-corrected chi connectivity index (χ0v) is 14.0. The van der Waals surface area contributed by atoms with Gasteiger partial charge in [-0.25, -0.2) is 4.79 Å². The van der Waals surface area contributed by atoms with Crippen LogP contribution < -0.4 is 0 Å². The first-order valence-corrected chi connectivity index (χ1v) is 8.63. The van der Waals surface area contributed by atoms with E-state index in [1.165, 1.54) is 0 Å². The van der Waals surface area contributed by atoms with Gasteiger partial charge in [-0.15, -0.1) is 0 Å². The molecular formula is C19H22O5. The van der Waals surface area contributed by atoms with Crippen molar-refractivity contribution >= 4 is 11.9 Å². The lowest BCUT2D eigenvalue weighted by Crippen LogP contribution is -2.64. The summed E-state index contributed by atoms with van der Waals surface area (Å²) in [6, 6.07) is 8.84. The lowest BCUT2D eigenvalue weighted by Gasteiger charge is -2.52. The molecule has 0 spiro atoms. The minimum atomic E-state index is -1.23. The second-order valence-electron chi connectivity index (χ2n) is 7.42. The largest absolute Gasteiger partial charge is 0.461 e. The van der Waals surface area contributed by atoms with E-state index in [0.717, 1.165) is 19.3 Å². The monoisotopic (exact) mass is 330 g/mol. The van der Waals surface area contributed by atoms with E-state index in [-0.39, 0.29) is 23.6 Å². The number of fused-ring (bicyclic) bond motifs is 2. The Kier molecular flexibility index (Phi) is 3.46. The van der Waals surface area contributed by atoms with Crippen LogP contribution in [0.15, 0.2) is 30.3 Å². The van der Waals surface area contributed by atoms with Crippen LogP contribution in [0.1, 0.15) is 49.9 Å². The van der Waals surface area contributed by atoms with Crippen molar-refractivity contribution in [1.29, 1.82) is 0 Å². The minimum Gasteiger partial charge on any atom is -0.461 e. The average molecular weight is 330 g/mol. The van der Waals surface area contributed by atoms with Gasteiger partial charge in [-0.3, -0.25) is 4.79 Å². The maximum atomic E-state index is 12.7. The molecule has 0 unspecified atom stereocenters. The fraction of sp³-hybridized carbons (Fsp3) is 0.579. The molecule has 0 radical (unpaired) electrons. The fourth-order valence-corrected chi connectivity index (χ4v) is 4.34. The predicted octanol–water partition coefficient (Wildman–Crippen LogP) is 3.08. The first-order chi connectivity index (χ1) is 11.4. The van der Waals surface area contributed by atoms with Gasteiger partial charge in [0.1, 0.15) is 12.0 Å². The zero-order valence-electron chi connectivity index (χ0n) is 14.0.